The second-order valence-corrected chi connectivity index (χ2v) is 8.92. The van der Waals surface area contributed by atoms with E-state index in [1.807, 2.05) is 0 Å². The van der Waals surface area contributed by atoms with Crippen molar-refractivity contribution in [2.45, 2.75) is 24.3 Å². The first-order valence-electron chi connectivity index (χ1n) is 9.84. The van der Waals surface area contributed by atoms with Gasteiger partial charge < -0.3 is 18.4 Å². The number of nitrogens with zero attached hydrogens (tertiary/aromatic N) is 2. The van der Waals surface area contributed by atoms with E-state index in [4.69, 9.17) is 18.4 Å². The maximum Gasteiger partial charge on any atom is 0.306 e. The van der Waals surface area contributed by atoms with Crippen LogP contribution in [-0.4, -0.2) is 50.2 Å². The summed E-state index contributed by atoms with van der Waals surface area (Å²) < 4.78 is 47.5. The van der Waals surface area contributed by atoms with Gasteiger partial charge in [0.25, 0.3) is 0 Å². The minimum Gasteiger partial charge on any atom is -0.461 e. The minimum atomic E-state index is -3.52. The number of furan rings is 1. The van der Waals surface area contributed by atoms with Crippen molar-refractivity contribution in [2.24, 2.45) is 0 Å². The molecular weight excluding hydrogens is 424 g/mol. The molecular formula is C21H22N2O7S. The molecule has 164 valence electrons. The van der Waals surface area contributed by atoms with Gasteiger partial charge in [0.2, 0.25) is 15.8 Å². The largest absolute Gasteiger partial charge is 0.461 e. The average molecular weight is 446 g/mol. The number of hydrogen-bond acceptors (Lipinski definition) is 8. The number of benzene rings is 1. The Morgan fingerprint density at radius 2 is 1.87 bits per heavy atom. The van der Waals surface area contributed by atoms with Gasteiger partial charge >= 0.3 is 5.97 Å². The maximum absolute atomic E-state index is 12.6. The van der Waals surface area contributed by atoms with Crippen molar-refractivity contribution in [1.29, 1.82) is 0 Å². The second kappa shape index (κ2) is 9.46. The van der Waals surface area contributed by atoms with Crippen LogP contribution in [0.2, 0.25) is 0 Å². The lowest BCUT2D eigenvalue weighted by molar-refractivity contribution is -0.145. The predicted molar refractivity (Wildman–Crippen MR) is 108 cm³/mol. The highest BCUT2D eigenvalue weighted by Crippen LogP contribution is 2.21. The molecule has 3 heterocycles. The Morgan fingerprint density at radius 1 is 1.10 bits per heavy atom. The summed E-state index contributed by atoms with van der Waals surface area (Å²) in [6.45, 7) is 1.50. The molecule has 1 aliphatic rings. The molecule has 0 spiro atoms. The van der Waals surface area contributed by atoms with Crippen molar-refractivity contribution < 1.29 is 31.6 Å². The number of rotatable bonds is 8. The predicted octanol–water partition coefficient (Wildman–Crippen LogP) is 2.63. The summed E-state index contributed by atoms with van der Waals surface area (Å²) >= 11 is 0. The first-order chi connectivity index (χ1) is 15.0. The van der Waals surface area contributed by atoms with Gasteiger partial charge in [0.15, 0.2) is 5.76 Å². The van der Waals surface area contributed by atoms with Crippen molar-refractivity contribution >= 4 is 16.0 Å². The summed E-state index contributed by atoms with van der Waals surface area (Å²) in [5.41, 5.74) is 1.33. The monoisotopic (exact) mass is 446 g/mol. The summed E-state index contributed by atoms with van der Waals surface area (Å²) in [6, 6.07) is 11.7. The van der Waals surface area contributed by atoms with Crippen LogP contribution in [0.25, 0.3) is 11.5 Å². The lowest BCUT2D eigenvalue weighted by Crippen LogP contribution is -2.40. The van der Waals surface area contributed by atoms with E-state index in [1.165, 1.54) is 10.6 Å². The lowest BCUT2D eigenvalue weighted by atomic mass is 10.1. The fourth-order valence-electron chi connectivity index (χ4n) is 3.15. The number of aromatic nitrogens is 1. The SMILES string of the molecule is O=C(CCc1ccc(S(=O)(=O)N2CCOCC2)cc1)OCc1cc(-c2ccco2)on1. The van der Waals surface area contributed by atoms with Crippen molar-refractivity contribution in [3.05, 3.63) is 60.0 Å². The highest BCUT2D eigenvalue weighted by Gasteiger charge is 2.26. The zero-order valence-electron chi connectivity index (χ0n) is 16.7. The van der Waals surface area contributed by atoms with Crippen molar-refractivity contribution in [2.75, 3.05) is 26.3 Å². The number of morpholine rings is 1. The maximum atomic E-state index is 12.6. The van der Waals surface area contributed by atoms with Crippen LogP contribution in [0.4, 0.5) is 0 Å². The van der Waals surface area contributed by atoms with Crippen LogP contribution >= 0.6 is 0 Å². The van der Waals surface area contributed by atoms with E-state index in [0.717, 1.165) is 5.56 Å². The molecule has 3 aromatic rings. The molecule has 0 amide bonds. The Balaban J connectivity index is 1.26. The summed E-state index contributed by atoms with van der Waals surface area (Å²) in [5.74, 6) is 0.625. The van der Waals surface area contributed by atoms with Crippen LogP contribution < -0.4 is 0 Å². The number of sulfonamides is 1. The van der Waals surface area contributed by atoms with Gasteiger partial charge in [0, 0.05) is 25.6 Å². The summed E-state index contributed by atoms with van der Waals surface area (Å²) in [4.78, 5) is 12.3. The Hall–Kier alpha value is -2.95. The third kappa shape index (κ3) is 5.22. The van der Waals surface area contributed by atoms with Crippen LogP contribution in [0.15, 0.2) is 62.6 Å². The van der Waals surface area contributed by atoms with Crippen LogP contribution in [-0.2, 0) is 37.3 Å². The standard InChI is InChI=1S/C21H22N2O7S/c24-21(29-15-17-14-20(30-22-17)19-2-1-11-28-19)8-5-16-3-6-18(7-4-16)31(25,26)23-9-12-27-13-10-23/h1-4,6-7,11,14H,5,8-10,12-13,15H2. The van der Waals surface area contributed by atoms with Gasteiger partial charge in [-0.3, -0.25) is 4.79 Å². The van der Waals surface area contributed by atoms with Crippen molar-refractivity contribution in [3.63, 3.8) is 0 Å². The van der Waals surface area contributed by atoms with Gasteiger partial charge in [-0.05, 0) is 36.2 Å². The molecule has 0 atom stereocenters. The van der Waals surface area contributed by atoms with E-state index in [2.05, 4.69) is 5.16 Å². The fraction of sp³-hybridized carbons (Fsp3) is 0.333. The van der Waals surface area contributed by atoms with Gasteiger partial charge in [0.05, 0.1) is 24.4 Å². The smallest absolute Gasteiger partial charge is 0.306 e. The fourth-order valence-corrected chi connectivity index (χ4v) is 4.56. The Labute approximate surface area is 179 Å². The van der Waals surface area contributed by atoms with Crippen LogP contribution in [0.3, 0.4) is 0 Å². The van der Waals surface area contributed by atoms with Crippen LogP contribution in [0.5, 0.6) is 0 Å². The van der Waals surface area contributed by atoms with E-state index in [1.54, 1.807) is 42.5 Å². The topological polar surface area (TPSA) is 112 Å². The van der Waals surface area contributed by atoms with Gasteiger partial charge in [-0.25, -0.2) is 8.42 Å². The van der Waals surface area contributed by atoms with E-state index in [0.29, 0.717) is 49.9 Å². The van der Waals surface area contributed by atoms with Crippen molar-refractivity contribution in [3.8, 4) is 11.5 Å². The molecule has 0 bridgehead atoms. The average Bonchev–Trinajstić information content (AvgIpc) is 3.49. The van der Waals surface area contributed by atoms with Gasteiger partial charge in [0.1, 0.15) is 12.3 Å². The third-order valence-corrected chi connectivity index (χ3v) is 6.77. The Kier molecular flexibility index (Phi) is 6.50. The minimum absolute atomic E-state index is 0.000226. The molecule has 9 nitrogen and oxygen atoms in total. The molecule has 0 radical (unpaired) electrons. The zero-order valence-corrected chi connectivity index (χ0v) is 17.5. The molecule has 10 heteroatoms. The van der Waals surface area contributed by atoms with Crippen LogP contribution in [0, 0.1) is 0 Å². The number of esters is 1. The lowest BCUT2D eigenvalue weighted by Gasteiger charge is -2.26. The Morgan fingerprint density at radius 3 is 2.58 bits per heavy atom. The van der Waals surface area contributed by atoms with E-state index in [9.17, 15) is 13.2 Å². The first-order valence-corrected chi connectivity index (χ1v) is 11.3. The summed E-state index contributed by atoms with van der Waals surface area (Å²) in [7, 11) is -3.52. The highest BCUT2D eigenvalue weighted by molar-refractivity contribution is 7.89. The van der Waals surface area contributed by atoms with Gasteiger partial charge in [-0.1, -0.05) is 17.3 Å². The van der Waals surface area contributed by atoms with Crippen molar-refractivity contribution in [1.82, 2.24) is 9.46 Å². The molecule has 1 saturated heterocycles. The van der Waals surface area contributed by atoms with Gasteiger partial charge in [-0.15, -0.1) is 0 Å². The molecule has 1 aromatic carbocycles. The molecule has 31 heavy (non-hydrogen) atoms. The van der Waals surface area contributed by atoms with Crippen LogP contribution in [0.1, 0.15) is 17.7 Å². The molecule has 0 unspecified atom stereocenters. The van der Waals surface area contributed by atoms with E-state index >= 15 is 0 Å². The Bertz CT molecular complexity index is 1100. The number of aryl methyl sites for hydroxylation is 1. The number of carbonyl (C=O) groups excluding carboxylic acids is 1. The molecule has 2 aromatic heterocycles. The molecule has 0 saturated carbocycles. The van der Waals surface area contributed by atoms with E-state index < -0.39 is 10.0 Å². The number of hydrogen-bond donors (Lipinski definition) is 0. The third-order valence-electron chi connectivity index (χ3n) is 4.85. The molecule has 1 fully saturated rings. The highest BCUT2D eigenvalue weighted by atomic mass is 32.2. The zero-order chi connectivity index (χ0) is 21.7. The van der Waals surface area contributed by atoms with Gasteiger partial charge in [-0.2, -0.15) is 4.31 Å². The molecule has 0 N–H and O–H groups in total. The molecule has 4 rings (SSSR count). The molecule has 1 aliphatic heterocycles. The second-order valence-electron chi connectivity index (χ2n) is 6.98. The molecule has 0 aliphatic carbocycles. The first kappa shape index (κ1) is 21.3. The quantitative estimate of drug-likeness (QED) is 0.486. The number of ether oxygens (including phenoxy) is 2. The normalized spacial score (nSPS) is 15.1. The number of carbonyl (C=O) groups is 1. The summed E-state index contributed by atoms with van der Waals surface area (Å²) in [5, 5.41) is 3.85. The summed E-state index contributed by atoms with van der Waals surface area (Å²) in [6.07, 6.45) is 2.13. The van der Waals surface area contributed by atoms with E-state index in [-0.39, 0.29) is 23.9 Å².